The molecule has 1 atom stereocenters. The van der Waals surface area contributed by atoms with E-state index in [0.29, 0.717) is 11.4 Å². The van der Waals surface area contributed by atoms with Gasteiger partial charge in [-0.1, -0.05) is 49.2 Å². The van der Waals surface area contributed by atoms with Crippen LogP contribution in [0, 0.1) is 0 Å². The number of sulfonamides is 1. The fourth-order valence-corrected chi connectivity index (χ4v) is 6.00. The third-order valence-corrected chi connectivity index (χ3v) is 7.70. The maximum absolute atomic E-state index is 13.1. The molecular weight excluding hydrogens is 388 g/mol. The molecule has 1 aliphatic rings. The highest BCUT2D eigenvalue weighted by molar-refractivity contribution is 7.89. The maximum atomic E-state index is 13.1. The fraction of sp³-hybridized carbons (Fsp3) is 0.364. The molecule has 1 aliphatic heterocycles. The van der Waals surface area contributed by atoms with Crippen molar-refractivity contribution >= 4 is 32.1 Å². The Morgan fingerprint density at radius 1 is 0.964 bits per heavy atom. The molecule has 1 fully saturated rings. The maximum Gasteiger partial charge on any atom is 0.241 e. The van der Waals surface area contributed by atoms with Crippen molar-refractivity contribution in [3.63, 3.8) is 0 Å². The number of fused-ring (bicyclic) bond motifs is 1. The van der Waals surface area contributed by atoms with Crippen molar-refractivity contribution in [3.05, 3.63) is 64.9 Å². The van der Waals surface area contributed by atoms with Crippen LogP contribution in [0.2, 0.25) is 0 Å². The molecule has 0 bridgehead atoms. The molecule has 0 spiro atoms. The van der Waals surface area contributed by atoms with Gasteiger partial charge in [-0.05, 0) is 59.8 Å². The highest BCUT2D eigenvalue weighted by Crippen LogP contribution is 2.27. The molecule has 148 valence electrons. The molecule has 3 aromatic rings. The van der Waals surface area contributed by atoms with Crippen LogP contribution in [0.3, 0.4) is 0 Å². The third-order valence-electron chi connectivity index (χ3n) is 5.52. The van der Waals surface area contributed by atoms with Gasteiger partial charge in [-0.3, -0.25) is 4.90 Å². The Balaban J connectivity index is 1.59. The predicted octanol–water partition coefficient (Wildman–Crippen LogP) is 4.80. The van der Waals surface area contributed by atoms with Gasteiger partial charge in [0, 0.05) is 18.0 Å². The van der Waals surface area contributed by atoms with Gasteiger partial charge in [0.1, 0.15) is 0 Å². The van der Waals surface area contributed by atoms with Gasteiger partial charge in [-0.15, -0.1) is 0 Å². The number of nitrogens with one attached hydrogen (secondary N) is 1. The number of hydrogen-bond acceptors (Lipinski definition) is 4. The zero-order valence-corrected chi connectivity index (χ0v) is 17.5. The number of likely N-dealkylation sites (tertiary alicyclic amines) is 1. The van der Waals surface area contributed by atoms with E-state index >= 15 is 0 Å². The Labute approximate surface area is 171 Å². The zero-order valence-electron chi connectivity index (χ0n) is 15.9. The molecule has 2 heterocycles. The molecule has 4 rings (SSSR count). The van der Waals surface area contributed by atoms with Gasteiger partial charge in [0.05, 0.1) is 4.90 Å². The summed E-state index contributed by atoms with van der Waals surface area (Å²) in [6.45, 7) is 2.44. The van der Waals surface area contributed by atoms with E-state index in [4.69, 9.17) is 0 Å². The normalized spacial score (nSPS) is 17.4. The van der Waals surface area contributed by atoms with Crippen molar-refractivity contribution < 1.29 is 8.42 Å². The summed E-state index contributed by atoms with van der Waals surface area (Å²) in [6, 6.07) is 15.3. The van der Waals surface area contributed by atoms with Gasteiger partial charge >= 0.3 is 0 Å². The van der Waals surface area contributed by atoms with Crippen LogP contribution in [0.25, 0.3) is 10.8 Å². The summed E-state index contributed by atoms with van der Waals surface area (Å²) in [7, 11) is -3.59. The average Bonchev–Trinajstić information content (AvgIpc) is 3.10. The lowest BCUT2D eigenvalue weighted by Gasteiger charge is -2.30. The van der Waals surface area contributed by atoms with E-state index in [1.54, 1.807) is 17.4 Å². The predicted molar refractivity (Wildman–Crippen MR) is 116 cm³/mol. The van der Waals surface area contributed by atoms with Crippen LogP contribution in [0.1, 0.15) is 37.3 Å². The highest BCUT2D eigenvalue weighted by Gasteiger charge is 2.25. The second-order valence-electron chi connectivity index (χ2n) is 7.35. The molecule has 6 heteroatoms. The zero-order chi connectivity index (χ0) is 19.4. The topological polar surface area (TPSA) is 49.4 Å². The fourth-order valence-electron chi connectivity index (χ4n) is 4.03. The SMILES string of the molecule is O=S(=O)(NCC(c1ccsc1)N1CCCCCC1)c1cccc2ccccc12. The lowest BCUT2D eigenvalue weighted by Crippen LogP contribution is -2.38. The summed E-state index contributed by atoms with van der Waals surface area (Å²) < 4.78 is 29.2. The first-order chi connectivity index (χ1) is 13.6. The summed E-state index contributed by atoms with van der Waals surface area (Å²) in [5, 5.41) is 5.91. The van der Waals surface area contributed by atoms with Gasteiger partial charge in [0.25, 0.3) is 0 Å². The molecule has 0 amide bonds. The minimum atomic E-state index is -3.59. The van der Waals surface area contributed by atoms with E-state index in [9.17, 15) is 8.42 Å². The summed E-state index contributed by atoms with van der Waals surface area (Å²) in [4.78, 5) is 2.80. The molecule has 28 heavy (non-hydrogen) atoms. The Bertz CT molecular complexity index is 1000. The van der Waals surface area contributed by atoms with Crippen LogP contribution in [0.4, 0.5) is 0 Å². The monoisotopic (exact) mass is 414 g/mol. The first-order valence-electron chi connectivity index (χ1n) is 9.89. The summed E-state index contributed by atoms with van der Waals surface area (Å²) >= 11 is 1.66. The Hall–Kier alpha value is -1.73. The smallest absolute Gasteiger partial charge is 0.241 e. The number of hydrogen-bond donors (Lipinski definition) is 1. The van der Waals surface area contributed by atoms with Crippen molar-refractivity contribution in [1.29, 1.82) is 0 Å². The molecule has 4 nitrogen and oxygen atoms in total. The largest absolute Gasteiger partial charge is 0.295 e. The van der Waals surface area contributed by atoms with E-state index in [0.717, 1.165) is 23.9 Å². The lowest BCUT2D eigenvalue weighted by atomic mass is 10.1. The van der Waals surface area contributed by atoms with E-state index in [1.807, 2.05) is 36.4 Å². The molecule has 1 unspecified atom stereocenters. The molecule has 0 radical (unpaired) electrons. The molecule has 0 saturated carbocycles. The molecule has 0 aliphatic carbocycles. The van der Waals surface area contributed by atoms with Crippen LogP contribution < -0.4 is 4.72 Å². The molecule has 2 aromatic carbocycles. The highest BCUT2D eigenvalue weighted by atomic mass is 32.2. The van der Waals surface area contributed by atoms with E-state index in [2.05, 4.69) is 26.4 Å². The third kappa shape index (κ3) is 4.30. The molecule has 1 aromatic heterocycles. The van der Waals surface area contributed by atoms with Crippen molar-refractivity contribution in [2.75, 3.05) is 19.6 Å². The van der Waals surface area contributed by atoms with E-state index in [1.165, 1.54) is 31.2 Å². The lowest BCUT2D eigenvalue weighted by molar-refractivity contribution is 0.206. The van der Waals surface area contributed by atoms with Gasteiger partial charge in [0.15, 0.2) is 0 Å². The van der Waals surface area contributed by atoms with Gasteiger partial charge < -0.3 is 0 Å². The summed E-state index contributed by atoms with van der Waals surface area (Å²) in [5.74, 6) is 0. The Morgan fingerprint density at radius 2 is 1.71 bits per heavy atom. The minimum Gasteiger partial charge on any atom is -0.295 e. The van der Waals surface area contributed by atoms with Crippen LogP contribution in [-0.2, 0) is 10.0 Å². The van der Waals surface area contributed by atoms with Gasteiger partial charge in [-0.25, -0.2) is 13.1 Å². The van der Waals surface area contributed by atoms with Crippen LogP contribution in [0.15, 0.2) is 64.2 Å². The molecule has 1 N–H and O–H groups in total. The van der Waals surface area contributed by atoms with Crippen molar-refractivity contribution in [1.82, 2.24) is 9.62 Å². The number of thiophene rings is 1. The van der Waals surface area contributed by atoms with Gasteiger partial charge in [0.2, 0.25) is 10.0 Å². The Morgan fingerprint density at radius 3 is 2.46 bits per heavy atom. The van der Waals surface area contributed by atoms with Crippen molar-refractivity contribution in [2.45, 2.75) is 36.6 Å². The standard InChI is InChI=1S/C22H26N2O2S2/c25-28(26,22-11-7-9-18-8-3-4-10-20(18)22)23-16-21(19-12-15-27-17-19)24-13-5-1-2-6-14-24/h3-4,7-12,15,17,21,23H,1-2,5-6,13-14,16H2. The van der Waals surface area contributed by atoms with Gasteiger partial charge in [-0.2, -0.15) is 11.3 Å². The van der Waals surface area contributed by atoms with Crippen molar-refractivity contribution in [3.8, 4) is 0 Å². The first-order valence-corrected chi connectivity index (χ1v) is 12.3. The van der Waals surface area contributed by atoms with Crippen LogP contribution in [-0.4, -0.2) is 33.0 Å². The first kappa shape index (κ1) is 19.6. The average molecular weight is 415 g/mol. The molecular formula is C22H26N2O2S2. The second-order valence-corrected chi connectivity index (χ2v) is 9.87. The van der Waals surface area contributed by atoms with Crippen LogP contribution in [0.5, 0.6) is 0 Å². The van der Waals surface area contributed by atoms with E-state index < -0.39 is 10.0 Å². The minimum absolute atomic E-state index is 0.0779. The summed E-state index contributed by atoms with van der Waals surface area (Å²) in [5.41, 5.74) is 1.20. The number of nitrogens with zero attached hydrogens (tertiary/aromatic N) is 1. The van der Waals surface area contributed by atoms with E-state index in [-0.39, 0.29) is 6.04 Å². The quantitative estimate of drug-likeness (QED) is 0.630. The molecule has 1 saturated heterocycles. The van der Waals surface area contributed by atoms with Crippen LogP contribution >= 0.6 is 11.3 Å². The second kappa shape index (κ2) is 8.74. The Kier molecular flexibility index (Phi) is 6.11. The summed E-state index contributed by atoms with van der Waals surface area (Å²) in [6.07, 6.45) is 4.87. The number of rotatable bonds is 6. The van der Waals surface area contributed by atoms with Crippen molar-refractivity contribution in [2.24, 2.45) is 0 Å². The number of benzene rings is 2.